The maximum atomic E-state index is 9.91. The van der Waals surface area contributed by atoms with Crippen molar-refractivity contribution in [2.45, 2.75) is 44.4 Å². The Morgan fingerprint density at radius 1 is 1.28 bits per heavy atom. The van der Waals surface area contributed by atoms with Gasteiger partial charge in [0.2, 0.25) is 0 Å². The number of aromatic hydroxyl groups is 1. The van der Waals surface area contributed by atoms with Gasteiger partial charge in [0.25, 0.3) is 0 Å². The van der Waals surface area contributed by atoms with Crippen LogP contribution in [0.1, 0.15) is 31.2 Å². The Hall–Kier alpha value is -0.290. The molecule has 18 heavy (non-hydrogen) atoms. The second kappa shape index (κ2) is 6.24. The molecule has 0 atom stereocenters. The number of hydrogen-bond acceptors (Lipinski definition) is 3. The molecule has 1 aliphatic carbocycles. The van der Waals surface area contributed by atoms with Gasteiger partial charge in [-0.1, -0.05) is 11.6 Å². The van der Waals surface area contributed by atoms with Crippen molar-refractivity contribution in [2.24, 2.45) is 0 Å². The van der Waals surface area contributed by atoms with Crippen LogP contribution in [0.15, 0.2) is 16.6 Å². The first-order chi connectivity index (χ1) is 8.56. The molecule has 1 saturated carbocycles. The van der Waals surface area contributed by atoms with Crippen molar-refractivity contribution in [3.05, 3.63) is 27.2 Å². The highest BCUT2D eigenvalue weighted by Crippen LogP contribution is 2.31. The van der Waals surface area contributed by atoms with Crippen LogP contribution in [0.5, 0.6) is 5.75 Å². The maximum Gasteiger partial charge on any atom is 0.134 e. The third-order valence-electron chi connectivity index (χ3n) is 3.39. The topological polar surface area (TPSA) is 52.5 Å². The summed E-state index contributed by atoms with van der Waals surface area (Å²) in [6.07, 6.45) is 3.51. The minimum atomic E-state index is -0.142. The summed E-state index contributed by atoms with van der Waals surface area (Å²) in [5, 5.41) is 23.4. The molecule has 3 N–H and O–H groups in total. The van der Waals surface area contributed by atoms with Crippen LogP contribution in [0.4, 0.5) is 0 Å². The van der Waals surface area contributed by atoms with Crippen LogP contribution >= 0.6 is 27.5 Å². The highest BCUT2D eigenvalue weighted by Gasteiger charge is 2.19. The number of phenolic OH excluding ortho intramolecular Hbond substituents is 1. The van der Waals surface area contributed by atoms with Gasteiger partial charge < -0.3 is 15.5 Å². The van der Waals surface area contributed by atoms with E-state index in [0.717, 1.165) is 31.2 Å². The lowest BCUT2D eigenvalue weighted by Crippen LogP contribution is -2.34. The summed E-state index contributed by atoms with van der Waals surface area (Å²) in [6, 6.07) is 3.86. The predicted octanol–water partition coefficient (Wildman–Crippen LogP) is 3.20. The van der Waals surface area contributed by atoms with E-state index < -0.39 is 0 Å². The fourth-order valence-electron chi connectivity index (χ4n) is 2.29. The summed E-state index contributed by atoms with van der Waals surface area (Å²) >= 11 is 9.24. The lowest BCUT2D eigenvalue weighted by Gasteiger charge is -2.26. The van der Waals surface area contributed by atoms with E-state index in [1.807, 2.05) is 0 Å². The van der Waals surface area contributed by atoms with Crippen LogP contribution < -0.4 is 5.32 Å². The molecule has 1 aromatic rings. The first-order valence-corrected chi connectivity index (χ1v) is 7.31. The molecule has 0 unspecified atom stereocenters. The monoisotopic (exact) mass is 333 g/mol. The van der Waals surface area contributed by atoms with Crippen LogP contribution in [0.2, 0.25) is 5.02 Å². The molecule has 5 heteroatoms. The molecule has 0 spiro atoms. The van der Waals surface area contributed by atoms with Crippen LogP contribution in [0, 0.1) is 0 Å². The molecule has 1 aromatic carbocycles. The molecule has 0 aromatic heterocycles. The maximum absolute atomic E-state index is 9.91. The zero-order valence-corrected chi connectivity index (χ0v) is 12.3. The van der Waals surface area contributed by atoms with Gasteiger partial charge in [-0.15, -0.1) is 0 Å². The molecule has 2 rings (SSSR count). The fraction of sp³-hybridized carbons (Fsp3) is 0.538. The molecule has 3 nitrogen and oxygen atoms in total. The van der Waals surface area contributed by atoms with Gasteiger partial charge in [0, 0.05) is 23.2 Å². The van der Waals surface area contributed by atoms with Crippen molar-refractivity contribution in [1.82, 2.24) is 5.32 Å². The first-order valence-electron chi connectivity index (χ1n) is 6.14. The smallest absolute Gasteiger partial charge is 0.134 e. The normalized spacial score (nSPS) is 24.2. The zero-order valence-electron chi connectivity index (χ0n) is 10.00. The van der Waals surface area contributed by atoms with E-state index in [0.29, 0.717) is 22.1 Å². The van der Waals surface area contributed by atoms with Gasteiger partial charge >= 0.3 is 0 Å². The van der Waals surface area contributed by atoms with E-state index in [1.165, 1.54) is 0 Å². The van der Waals surface area contributed by atoms with E-state index in [1.54, 1.807) is 12.1 Å². The summed E-state index contributed by atoms with van der Waals surface area (Å²) in [5.74, 6) is 0.239. The Bertz CT molecular complexity index is 420. The fourth-order valence-corrected chi connectivity index (χ4v) is 3.16. The Morgan fingerprint density at radius 2 is 1.94 bits per heavy atom. The van der Waals surface area contributed by atoms with E-state index >= 15 is 0 Å². The number of halogens is 2. The molecular weight excluding hydrogens is 318 g/mol. The summed E-state index contributed by atoms with van der Waals surface area (Å²) in [7, 11) is 0. The van der Waals surface area contributed by atoms with E-state index in [2.05, 4.69) is 21.2 Å². The molecule has 100 valence electrons. The van der Waals surface area contributed by atoms with Gasteiger partial charge in [-0.2, -0.15) is 0 Å². The minimum Gasteiger partial charge on any atom is -0.506 e. The second-order valence-corrected chi connectivity index (χ2v) is 6.07. The highest BCUT2D eigenvalue weighted by molar-refractivity contribution is 9.10. The van der Waals surface area contributed by atoms with Gasteiger partial charge in [-0.3, -0.25) is 0 Å². The molecule has 0 saturated heterocycles. The molecule has 0 aliphatic heterocycles. The van der Waals surface area contributed by atoms with Gasteiger partial charge in [-0.05, 0) is 53.7 Å². The third kappa shape index (κ3) is 3.60. The highest BCUT2D eigenvalue weighted by atomic mass is 79.9. The van der Waals surface area contributed by atoms with E-state index in [9.17, 15) is 10.2 Å². The standard InChI is InChI=1S/C13H17BrClNO2/c14-12-6-9(15)5-8(13(12)18)7-16-10-1-3-11(17)4-2-10/h5-6,10-11,16-18H,1-4,7H2/t10-,11-. The zero-order chi connectivity index (χ0) is 13.1. The van der Waals surface area contributed by atoms with E-state index in [-0.39, 0.29) is 11.9 Å². The Balaban J connectivity index is 1.94. The van der Waals surface area contributed by atoms with Crippen molar-refractivity contribution in [3.8, 4) is 5.75 Å². The number of aliphatic hydroxyl groups is 1. The number of aliphatic hydroxyl groups excluding tert-OH is 1. The van der Waals surface area contributed by atoms with Crippen molar-refractivity contribution in [3.63, 3.8) is 0 Å². The summed E-state index contributed by atoms with van der Waals surface area (Å²) < 4.78 is 0.617. The van der Waals surface area contributed by atoms with Crippen molar-refractivity contribution >= 4 is 27.5 Å². The number of benzene rings is 1. The lowest BCUT2D eigenvalue weighted by atomic mass is 9.93. The summed E-state index contributed by atoms with van der Waals surface area (Å²) in [5.41, 5.74) is 0.792. The average Bonchev–Trinajstić information content (AvgIpc) is 2.34. The first kappa shape index (κ1) is 14.1. The van der Waals surface area contributed by atoms with E-state index in [4.69, 9.17) is 11.6 Å². The van der Waals surface area contributed by atoms with Crippen LogP contribution in [0.3, 0.4) is 0 Å². The molecule has 0 bridgehead atoms. The Kier molecular flexibility index (Phi) is 4.90. The molecule has 0 amide bonds. The van der Waals surface area contributed by atoms with Crippen LogP contribution in [0.25, 0.3) is 0 Å². The quantitative estimate of drug-likeness (QED) is 0.795. The van der Waals surface area contributed by atoms with Gasteiger partial charge in [-0.25, -0.2) is 0 Å². The van der Waals surface area contributed by atoms with Crippen LogP contribution in [-0.4, -0.2) is 22.4 Å². The summed E-state index contributed by atoms with van der Waals surface area (Å²) in [4.78, 5) is 0. The predicted molar refractivity (Wildman–Crippen MR) is 75.9 cm³/mol. The van der Waals surface area contributed by atoms with Gasteiger partial charge in [0.15, 0.2) is 0 Å². The number of hydrogen-bond donors (Lipinski definition) is 3. The SMILES string of the molecule is Oc1c(Br)cc(Cl)cc1CN[C@H]1CC[C@H](O)CC1. The molecule has 0 heterocycles. The number of phenols is 1. The lowest BCUT2D eigenvalue weighted by molar-refractivity contribution is 0.116. The second-order valence-electron chi connectivity index (χ2n) is 4.78. The van der Waals surface area contributed by atoms with Gasteiger partial charge in [0.05, 0.1) is 10.6 Å². The Morgan fingerprint density at radius 3 is 2.61 bits per heavy atom. The molecule has 1 fully saturated rings. The number of rotatable bonds is 3. The third-order valence-corrected chi connectivity index (χ3v) is 4.21. The minimum absolute atomic E-state index is 0.142. The van der Waals surface area contributed by atoms with Crippen molar-refractivity contribution < 1.29 is 10.2 Å². The number of nitrogens with one attached hydrogen (secondary N) is 1. The largest absolute Gasteiger partial charge is 0.506 e. The Labute approximate surface area is 120 Å². The van der Waals surface area contributed by atoms with Crippen molar-refractivity contribution in [2.75, 3.05) is 0 Å². The van der Waals surface area contributed by atoms with Gasteiger partial charge in [0.1, 0.15) is 5.75 Å². The molecular formula is C13H17BrClNO2. The van der Waals surface area contributed by atoms with Crippen molar-refractivity contribution in [1.29, 1.82) is 0 Å². The summed E-state index contributed by atoms with van der Waals surface area (Å²) in [6.45, 7) is 0.589. The van der Waals surface area contributed by atoms with Crippen LogP contribution in [-0.2, 0) is 6.54 Å². The average molecular weight is 335 g/mol. The molecule has 0 radical (unpaired) electrons. The molecule has 1 aliphatic rings.